The van der Waals surface area contributed by atoms with E-state index in [9.17, 15) is 9.18 Å². The fourth-order valence-electron chi connectivity index (χ4n) is 4.84. The monoisotopic (exact) mass is 398 g/mol. The SMILES string of the molecule is C=C(Nc1ccc(F)cc1)[C@H](C)C12CC(NC(=O)c3cc(C)cc(Cl)c3)(C1)C2. The normalized spacial score (nSPS) is 25.9. The molecule has 1 atom stereocenters. The largest absolute Gasteiger partial charge is 0.359 e. The molecule has 0 aromatic heterocycles. The number of anilines is 1. The first kappa shape index (κ1) is 19.0. The maximum atomic E-state index is 13.1. The molecule has 3 fully saturated rings. The Morgan fingerprint density at radius 3 is 2.43 bits per heavy atom. The zero-order valence-electron chi connectivity index (χ0n) is 16.1. The Morgan fingerprint density at radius 1 is 1.18 bits per heavy atom. The van der Waals surface area contributed by atoms with Crippen LogP contribution in [0.25, 0.3) is 0 Å². The Balaban J connectivity index is 1.34. The van der Waals surface area contributed by atoms with Crippen molar-refractivity contribution < 1.29 is 9.18 Å². The van der Waals surface area contributed by atoms with E-state index in [0.717, 1.165) is 36.2 Å². The van der Waals surface area contributed by atoms with Crippen LogP contribution in [-0.4, -0.2) is 11.4 Å². The number of nitrogens with one attached hydrogen (secondary N) is 2. The molecule has 2 aromatic carbocycles. The lowest BCUT2D eigenvalue weighted by Crippen LogP contribution is -2.76. The predicted molar refractivity (Wildman–Crippen MR) is 111 cm³/mol. The summed E-state index contributed by atoms with van der Waals surface area (Å²) in [5.41, 5.74) is 3.43. The Morgan fingerprint density at radius 2 is 1.82 bits per heavy atom. The van der Waals surface area contributed by atoms with Crippen molar-refractivity contribution in [2.24, 2.45) is 11.3 Å². The molecule has 5 heteroatoms. The second-order valence-corrected chi connectivity index (χ2v) is 8.96. The van der Waals surface area contributed by atoms with E-state index in [0.29, 0.717) is 10.6 Å². The summed E-state index contributed by atoms with van der Waals surface area (Å²) in [5, 5.41) is 7.09. The molecular weight excluding hydrogens is 375 g/mol. The second kappa shape index (κ2) is 6.63. The Hall–Kier alpha value is -2.33. The van der Waals surface area contributed by atoms with Gasteiger partial charge in [0.2, 0.25) is 0 Å². The van der Waals surface area contributed by atoms with Gasteiger partial charge in [-0.1, -0.05) is 25.1 Å². The summed E-state index contributed by atoms with van der Waals surface area (Å²) in [6, 6.07) is 11.7. The van der Waals surface area contributed by atoms with Crippen molar-refractivity contribution >= 4 is 23.2 Å². The molecule has 3 aliphatic rings. The van der Waals surface area contributed by atoms with Crippen LogP contribution in [0.4, 0.5) is 10.1 Å². The lowest BCUT2D eigenvalue weighted by Gasteiger charge is -2.73. The Labute approximate surface area is 170 Å². The number of halogens is 2. The van der Waals surface area contributed by atoms with Crippen molar-refractivity contribution in [2.45, 2.75) is 38.6 Å². The summed E-state index contributed by atoms with van der Waals surface area (Å²) in [6.07, 6.45) is 2.86. The van der Waals surface area contributed by atoms with Crippen LogP contribution in [0.1, 0.15) is 42.1 Å². The number of aryl methyl sites for hydroxylation is 1. The van der Waals surface area contributed by atoms with Gasteiger partial charge in [0.05, 0.1) is 0 Å². The molecule has 146 valence electrons. The molecule has 2 N–H and O–H groups in total. The number of carbonyl (C=O) groups excluding carboxylic acids is 1. The molecule has 3 saturated carbocycles. The minimum atomic E-state index is -0.254. The van der Waals surface area contributed by atoms with E-state index >= 15 is 0 Å². The topological polar surface area (TPSA) is 41.1 Å². The van der Waals surface area contributed by atoms with Gasteiger partial charge in [-0.15, -0.1) is 0 Å². The van der Waals surface area contributed by atoms with Gasteiger partial charge in [-0.3, -0.25) is 4.79 Å². The molecule has 0 unspecified atom stereocenters. The number of allylic oxidation sites excluding steroid dienone is 1. The van der Waals surface area contributed by atoms with Gasteiger partial charge in [0, 0.05) is 33.4 Å². The van der Waals surface area contributed by atoms with Crippen molar-refractivity contribution in [3.63, 3.8) is 0 Å². The fraction of sp³-hybridized carbons (Fsp3) is 0.348. The van der Waals surface area contributed by atoms with Gasteiger partial charge >= 0.3 is 0 Å². The molecule has 3 nitrogen and oxygen atoms in total. The van der Waals surface area contributed by atoms with E-state index in [-0.39, 0.29) is 28.6 Å². The third kappa shape index (κ3) is 3.30. The molecule has 0 heterocycles. The molecule has 28 heavy (non-hydrogen) atoms. The van der Waals surface area contributed by atoms with Crippen molar-refractivity contribution in [2.75, 3.05) is 5.32 Å². The van der Waals surface area contributed by atoms with Crippen LogP contribution in [0.2, 0.25) is 5.02 Å². The number of hydrogen-bond donors (Lipinski definition) is 2. The highest BCUT2D eigenvalue weighted by molar-refractivity contribution is 6.31. The number of hydrogen-bond acceptors (Lipinski definition) is 2. The third-order valence-electron chi connectivity index (χ3n) is 6.34. The predicted octanol–water partition coefficient (Wildman–Crippen LogP) is 5.70. The van der Waals surface area contributed by atoms with Crippen LogP contribution in [0.15, 0.2) is 54.7 Å². The number of amides is 1. The van der Waals surface area contributed by atoms with E-state index in [4.69, 9.17) is 11.6 Å². The van der Waals surface area contributed by atoms with Gasteiger partial charge < -0.3 is 10.6 Å². The maximum Gasteiger partial charge on any atom is 0.251 e. The fourth-order valence-corrected chi connectivity index (χ4v) is 5.12. The van der Waals surface area contributed by atoms with E-state index in [1.165, 1.54) is 12.1 Å². The molecule has 5 rings (SSSR count). The number of rotatable bonds is 6. The summed E-state index contributed by atoms with van der Waals surface area (Å²) in [6.45, 7) is 8.29. The average molecular weight is 399 g/mol. The molecule has 0 spiro atoms. The van der Waals surface area contributed by atoms with Crippen LogP contribution < -0.4 is 10.6 Å². The zero-order valence-corrected chi connectivity index (χ0v) is 16.9. The highest BCUT2D eigenvalue weighted by atomic mass is 35.5. The standard InChI is InChI=1S/C23H24ClFN2O/c1-14-8-17(10-18(24)9-14)21(28)27-23-11-22(12-23,13-23)15(2)16(3)26-20-6-4-19(25)5-7-20/h4-10,15,26H,3,11-13H2,1-2H3,(H,27,28)/t15-,22?,23?/m0/s1. The molecule has 0 aliphatic heterocycles. The lowest BCUT2D eigenvalue weighted by atomic mass is 9.35. The van der Waals surface area contributed by atoms with Crippen LogP contribution in [-0.2, 0) is 0 Å². The van der Waals surface area contributed by atoms with Gasteiger partial charge in [0.15, 0.2) is 0 Å². The first-order chi connectivity index (χ1) is 13.2. The maximum absolute atomic E-state index is 13.1. The van der Waals surface area contributed by atoms with Crippen LogP contribution in [0, 0.1) is 24.1 Å². The van der Waals surface area contributed by atoms with Crippen molar-refractivity contribution in [1.29, 1.82) is 0 Å². The van der Waals surface area contributed by atoms with E-state index in [2.05, 4.69) is 24.1 Å². The van der Waals surface area contributed by atoms with Gasteiger partial charge in [-0.05, 0) is 79.6 Å². The number of carbonyl (C=O) groups is 1. The summed E-state index contributed by atoms with van der Waals surface area (Å²) >= 11 is 6.08. The number of benzene rings is 2. The smallest absolute Gasteiger partial charge is 0.251 e. The van der Waals surface area contributed by atoms with Gasteiger partial charge in [-0.2, -0.15) is 0 Å². The van der Waals surface area contributed by atoms with E-state index in [1.807, 2.05) is 19.1 Å². The summed E-state index contributed by atoms with van der Waals surface area (Å²) < 4.78 is 13.1. The highest BCUT2D eigenvalue weighted by Crippen LogP contribution is 2.71. The van der Waals surface area contributed by atoms with E-state index < -0.39 is 0 Å². The van der Waals surface area contributed by atoms with Gasteiger partial charge in [0.25, 0.3) is 5.91 Å². The first-order valence-corrected chi connectivity index (χ1v) is 9.89. The molecule has 0 saturated heterocycles. The third-order valence-corrected chi connectivity index (χ3v) is 6.56. The quantitative estimate of drug-likeness (QED) is 0.655. The molecule has 1 amide bonds. The van der Waals surface area contributed by atoms with Crippen LogP contribution >= 0.6 is 11.6 Å². The molecule has 2 bridgehead atoms. The average Bonchev–Trinajstić information content (AvgIpc) is 2.57. The Bertz CT molecular complexity index is 914. The Kier molecular flexibility index (Phi) is 4.50. The van der Waals surface area contributed by atoms with Crippen molar-refractivity contribution in [1.82, 2.24) is 5.32 Å². The summed E-state index contributed by atoms with van der Waals surface area (Å²) in [4.78, 5) is 12.6. The molecule has 3 aliphatic carbocycles. The van der Waals surface area contributed by atoms with Crippen LogP contribution in [0.5, 0.6) is 0 Å². The van der Waals surface area contributed by atoms with Crippen LogP contribution in [0.3, 0.4) is 0 Å². The minimum Gasteiger partial charge on any atom is -0.359 e. The highest BCUT2D eigenvalue weighted by Gasteiger charge is 2.70. The van der Waals surface area contributed by atoms with E-state index in [1.54, 1.807) is 18.2 Å². The summed E-state index contributed by atoms with van der Waals surface area (Å²) in [7, 11) is 0. The van der Waals surface area contributed by atoms with Crippen molar-refractivity contribution in [3.8, 4) is 0 Å². The minimum absolute atomic E-state index is 0.0604. The zero-order chi connectivity index (χ0) is 20.1. The molecule has 2 aromatic rings. The summed E-state index contributed by atoms with van der Waals surface area (Å²) in [5.74, 6) is -0.0456. The van der Waals surface area contributed by atoms with Gasteiger partial charge in [0.1, 0.15) is 5.82 Å². The molecular formula is C23H24ClFN2O. The molecule has 0 radical (unpaired) electrons. The first-order valence-electron chi connectivity index (χ1n) is 9.52. The van der Waals surface area contributed by atoms with Gasteiger partial charge in [-0.25, -0.2) is 4.39 Å². The lowest BCUT2D eigenvalue weighted by molar-refractivity contribution is -0.172. The van der Waals surface area contributed by atoms with Crippen molar-refractivity contribution in [3.05, 3.63) is 76.7 Å². The second-order valence-electron chi connectivity index (χ2n) is 8.52.